The third-order valence-electron chi connectivity index (χ3n) is 12.0. The molecule has 1 aliphatic heterocycles. The molecule has 1 aliphatic carbocycles. The van der Waals surface area contributed by atoms with Crippen molar-refractivity contribution in [2.45, 2.75) is 49.6 Å². The highest BCUT2D eigenvalue weighted by Crippen LogP contribution is 2.47. The predicted molar refractivity (Wildman–Crippen MR) is 229 cm³/mol. The van der Waals surface area contributed by atoms with E-state index in [9.17, 15) is 9.90 Å². The number of fused-ring (bicyclic) bond motifs is 1. The van der Waals surface area contributed by atoms with E-state index >= 15 is 0 Å². The van der Waals surface area contributed by atoms with E-state index in [1.54, 1.807) is 0 Å². The number of ether oxygens (including phenoxy) is 3. The largest absolute Gasteiger partial charge is 0.458 e. The Hall–Kier alpha value is -5.85. The summed E-state index contributed by atoms with van der Waals surface area (Å²) in [4.78, 5) is 12.9. The first kappa shape index (κ1) is 39.0. The van der Waals surface area contributed by atoms with Crippen LogP contribution in [0, 0.1) is 11.8 Å². The quantitative estimate of drug-likeness (QED) is 0.0371. The minimum Gasteiger partial charge on any atom is -0.458 e. The Kier molecular flexibility index (Phi) is 11.7. The Morgan fingerprint density at radius 3 is 1.36 bits per heavy atom. The van der Waals surface area contributed by atoms with Crippen molar-refractivity contribution in [1.29, 1.82) is 0 Å². The molecule has 0 saturated carbocycles. The van der Waals surface area contributed by atoms with Crippen LogP contribution < -0.4 is 0 Å². The monoisotopic (exact) mass is 766 g/mol. The third-order valence-corrected chi connectivity index (χ3v) is 12.0. The average Bonchev–Trinajstić information content (AvgIpc) is 3.58. The maximum atomic E-state index is 12.9. The molecule has 6 aromatic carbocycles. The number of benzene rings is 6. The van der Waals surface area contributed by atoms with Crippen molar-refractivity contribution in [3.63, 3.8) is 0 Å². The van der Waals surface area contributed by atoms with Crippen molar-refractivity contribution in [2.24, 2.45) is 11.8 Å². The molecule has 5 heteroatoms. The topological polar surface area (TPSA) is 65.0 Å². The molecule has 8 rings (SSSR count). The number of carbonyl (C=O) groups excluding carboxylic acids is 1. The summed E-state index contributed by atoms with van der Waals surface area (Å²) < 4.78 is 20.3. The minimum absolute atomic E-state index is 0.0548. The predicted octanol–water partition coefficient (Wildman–Crippen LogP) is 10.6. The van der Waals surface area contributed by atoms with Crippen LogP contribution in [0.4, 0.5) is 0 Å². The molecule has 0 unspecified atom stereocenters. The molecule has 1 N–H and O–H groups in total. The molecule has 0 aromatic heterocycles. The zero-order valence-corrected chi connectivity index (χ0v) is 33.0. The second-order valence-corrected chi connectivity index (χ2v) is 15.4. The number of hydrogen-bond donors (Lipinski definition) is 1. The smallest absolute Gasteiger partial charge is 0.334 e. The van der Waals surface area contributed by atoms with Crippen molar-refractivity contribution < 1.29 is 24.1 Å². The molecule has 292 valence electrons. The highest BCUT2D eigenvalue weighted by molar-refractivity contribution is 5.91. The molecule has 4 atom stereocenters. The van der Waals surface area contributed by atoms with E-state index in [2.05, 4.69) is 123 Å². The van der Waals surface area contributed by atoms with E-state index in [4.69, 9.17) is 14.2 Å². The fourth-order valence-corrected chi connectivity index (χ4v) is 9.26. The molecule has 6 aromatic rings. The first-order chi connectivity index (χ1) is 28.4. The second kappa shape index (κ2) is 17.3. The minimum atomic E-state index is -0.952. The highest BCUT2D eigenvalue weighted by Gasteiger charge is 2.49. The number of hydrogen-bond acceptors (Lipinski definition) is 5. The maximum absolute atomic E-state index is 12.9. The molecule has 58 heavy (non-hydrogen) atoms. The molecule has 0 spiro atoms. The SMILES string of the molecule is C=C1C(=O)O[C@@H]2CC(COC(c3ccccc3)(c3ccccc3)c3ccccc3)=C([C@@H](C)CCCOC(c3ccccc3)(c3ccccc3)c3ccccc3)[C@@H](O)[C@H]12. The van der Waals surface area contributed by atoms with Gasteiger partial charge >= 0.3 is 5.97 Å². The summed E-state index contributed by atoms with van der Waals surface area (Å²) in [5.74, 6) is -1.00. The third kappa shape index (κ3) is 7.38. The van der Waals surface area contributed by atoms with Gasteiger partial charge in [0.15, 0.2) is 0 Å². The lowest BCUT2D eigenvalue weighted by atomic mass is 9.73. The summed E-state index contributed by atoms with van der Waals surface area (Å²) in [5.41, 5.74) is 6.54. The molecule has 1 fully saturated rings. The van der Waals surface area contributed by atoms with Gasteiger partial charge < -0.3 is 19.3 Å². The summed E-state index contributed by atoms with van der Waals surface area (Å²) >= 11 is 0. The Morgan fingerprint density at radius 2 is 0.983 bits per heavy atom. The van der Waals surface area contributed by atoms with E-state index in [1.165, 1.54) is 0 Å². The van der Waals surface area contributed by atoms with Crippen LogP contribution in [-0.2, 0) is 30.2 Å². The standard InChI is InChI=1S/C53H50O5/c1-38(22-21-35-56-52(41-23-9-3-10-24-41,42-25-11-4-12-26-42)43-27-13-5-14-28-43)48-40(36-47-49(50(48)54)39(2)51(55)58-47)37-57-53(44-29-15-6-16-30-44,45-31-17-7-18-32-45)46-33-19-8-20-34-46/h3-20,23-34,38,47,49-50,54H,2,21-22,35-37H2,1H3/t38-,47+,49+,50+/m0/s1. The van der Waals surface area contributed by atoms with Crippen molar-refractivity contribution in [2.75, 3.05) is 13.2 Å². The Bertz CT molecular complexity index is 2110. The molecule has 0 radical (unpaired) electrons. The van der Waals surface area contributed by atoms with Gasteiger partial charge in [0.2, 0.25) is 0 Å². The summed E-state index contributed by atoms with van der Waals surface area (Å²) in [6.45, 7) is 6.93. The van der Waals surface area contributed by atoms with Crippen LogP contribution >= 0.6 is 0 Å². The lowest BCUT2D eigenvalue weighted by Crippen LogP contribution is -2.40. The molecule has 1 heterocycles. The number of esters is 1. The number of carbonyl (C=O) groups is 1. The number of aliphatic hydroxyl groups is 1. The van der Waals surface area contributed by atoms with Crippen molar-refractivity contribution in [3.05, 3.63) is 239 Å². The first-order valence-electron chi connectivity index (χ1n) is 20.3. The molecule has 0 amide bonds. The van der Waals surface area contributed by atoms with Crippen LogP contribution in [0.2, 0.25) is 0 Å². The van der Waals surface area contributed by atoms with Gasteiger partial charge in [-0.05, 0) is 63.3 Å². The summed E-state index contributed by atoms with van der Waals surface area (Å²) in [7, 11) is 0. The lowest BCUT2D eigenvalue weighted by molar-refractivity contribution is -0.139. The van der Waals surface area contributed by atoms with Gasteiger partial charge in [0, 0.05) is 18.6 Å². The van der Waals surface area contributed by atoms with Crippen LogP contribution in [-0.4, -0.2) is 36.5 Å². The van der Waals surface area contributed by atoms with Gasteiger partial charge in [0.1, 0.15) is 17.3 Å². The van der Waals surface area contributed by atoms with E-state index < -0.39 is 35.3 Å². The first-order valence-corrected chi connectivity index (χ1v) is 20.3. The van der Waals surface area contributed by atoms with Crippen molar-refractivity contribution >= 4 is 5.97 Å². The van der Waals surface area contributed by atoms with Crippen molar-refractivity contribution in [3.8, 4) is 0 Å². The van der Waals surface area contributed by atoms with Crippen LogP contribution in [0.15, 0.2) is 205 Å². The van der Waals surface area contributed by atoms with Gasteiger partial charge in [0.05, 0.1) is 18.6 Å². The summed E-state index contributed by atoms with van der Waals surface area (Å²) in [6, 6.07) is 62.1. The summed E-state index contributed by atoms with van der Waals surface area (Å²) in [6.07, 6.45) is 0.478. The molecule has 0 bridgehead atoms. The molecule has 2 aliphatic rings. The maximum Gasteiger partial charge on any atom is 0.334 e. The van der Waals surface area contributed by atoms with Gasteiger partial charge in [-0.15, -0.1) is 0 Å². The van der Waals surface area contributed by atoms with Gasteiger partial charge in [-0.2, -0.15) is 0 Å². The molecular formula is C53H50O5. The molecule has 5 nitrogen and oxygen atoms in total. The Labute approximate surface area is 342 Å². The molecular weight excluding hydrogens is 717 g/mol. The van der Waals surface area contributed by atoms with Crippen LogP contribution in [0.5, 0.6) is 0 Å². The fraction of sp³-hybridized carbons (Fsp3) is 0.226. The summed E-state index contributed by atoms with van der Waals surface area (Å²) in [5, 5.41) is 12.2. The number of aliphatic hydroxyl groups excluding tert-OH is 1. The van der Waals surface area contributed by atoms with E-state index in [-0.39, 0.29) is 12.5 Å². The van der Waals surface area contributed by atoms with Crippen LogP contribution in [0.3, 0.4) is 0 Å². The van der Waals surface area contributed by atoms with Crippen LogP contribution in [0.25, 0.3) is 0 Å². The second-order valence-electron chi connectivity index (χ2n) is 15.4. The van der Waals surface area contributed by atoms with Gasteiger partial charge in [-0.25, -0.2) is 4.79 Å². The van der Waals surface area contributed by atoms with Gasteiger partial charge in [-0.1, -0.05) is 195 Å². The van der Waals surface area contributed by atoms with E-state index in [1.807, 2.05) is 72.8 Å². The average molecular weight is 767 g/mol. The highest BCUT2D eigenvalue weighted by atomic mass is 16.6. The Balaban J connectivity index is 1.12. The zero-order valence-electron chi connectivity index (χ0n) is 33.0. The molecule has 1 saturated heterocycles. The Morgan fingerprint density at radius 1 is 0.621 bits per heavy atom. The lowest BCUT2D eigenvalue weighted by Gasteiger charge is -2.40. The van der Waals surface area contributed by atoms with Crippen molar-refractivity contribution in [1.82, 2.24) is 0 Å². The number of rotatable bonds is 15. The van der Waals surface area contributed by atoms with E-state index in [0.29, 0.717) is 18.6 Å². The fourth-order valence-electron chi connectivity index (χ4n) is 9.26. The van der Waals surface area contributed by atoms with Gasteiger partial charge in [0.25, 0.3) is 0 Å². The van der Waals surface area contributed by atoms with Gasteiger partial charge in [-0.3, -0.25) is 0 Å². The zero-order chi connectivity index (χ0) is 40.0. The van der Waals surface area contributed by atoms with E-state index in [0.717, 1.165) is 57.4 Å². The van der Waals surface area contributed by atoms with Crippen LogP contribution in [0.1, 0.15) is 59.6 Å². The normalized spacial score (nSPS) is 18.8.